The molecule has 1 aromatic rings. The zero-order chi connectivity index (χ0) is 12.0. The molecule has 0 bridgehead atoms. The molecular formula is C11H19N3O2. The molecule has 1 N–H and O–H groups in total. The van der Waals surface area contributed by atoms with Gasteiger partial charge in [-0.3, -0.25) is 4.79 Å². The van der Waals surface area contributed by atoms with Crippen LogP contribution in [0.3, 0.4) is 0 Å². The van der Waals surface area contributed by atoms with Crippen LogP contribution in [0.15, 0.2) is 12.4 Å². The van der Waals surface area contributed by atoms with E-state index in [0.29, 0.717) is 19.6 Å². The summed E-state index contributed by atoms with van der Waals surface area (Å²) in [5, 5.41) is 3.23. The van der Waals surface area contributed by atoms with Crippen LogP contribution in [-0.4, -0.2) is 28.7 Å². The Hall–Kier alpha value is -1.36. The van der Waals surface area contributed by atoms with Crippen LogP contribution in [0.1, 0.15) is 32.1 Å². The number of ether oxygens (including phenoxy) is 1. The van der Waals surface area contributed by atoms with Gasteiger partial charge in [0.1, 0.15) is 5.82 Å². The summed E-state index contributed by atoms with van der Waals surface area (Å²) in [6.45, 7) is 4.87. The number of hydrogen-bond acceptors (Lipinski definition) is 4. The quantitative estimate of drug-likeness (QED) is 0.734. The summed E-state index contributed by atoms with van der Waals surface area (Å²) in [7, 11) is 1.95. The topological polar surface area (TPSA) is 56.1 Å². The van der Waals surface area contributed by atoms with E-state index >= 15 is 0 Å². The molecule has 1 unspecified atom stereocenters. The average Bonchev–Trinajstić information content (AvgIpc) is 2.64. The Balaban J connectivity index is 2.28. The number of aromatic nitrogens is 2. The number of esters is 1. The highest BCUT2D eigenvalue weighted by Crippen LogP contribution is 2.07. The SMILES string of the molecule is CCOC(=O)CCNC(C)c1nccn1C. The summed E-state index contributed by atoms with van der Waals surface area (Å²) in [4.78, 5) is 15.3. The minimum absolute atomic E-state index is 0.134. The molecule has 0 aromatic carbocycles. The van der Waals surface area contributed by atoms with E-state index in [2.05, 4.69) is 10.3 Å². The van der Waals surface area contributed by atoms with Crippen molar-refractivity contribution in [2.24, 2.45) is 7.05 Å². The van der Waals surface area contributed by atoms with E-state index < -0.39 is 0 Å². The third-order valence-electron chi connectivity index (χ3n) is 2.33. The van der Waals surface area contributed by atoms with Crippen LogP contribution < -0.4 is 5.32 Å². The van der Waals surface area contributed by atoms with Crippen LogP contribution in [0.25, 0.3) is 0 Å². The van der Waals surface area contributed by atoms with Crippen molar-refractivity contribution in [3.8, 4) is 0 Å². The first-order valence-electron chi connectivity index (χ1n) is 5.51. The second-order valence-electron chi connectivity index (χ2n) is 3.63. The van der Waals surface area contributed by atoms with Gasteiger partial charge < -0.3 is 14.6 Å². The molecule has 0 aliphatic heterocycles. The van der Waals surface area contributed by atoms with Gasteiger partial charge in [0.05, 0.1) is 19.1 Å². The number of rotatable bonds is 6. The predicted molar refractivity (Wildman–Crippen MR) is 60.9 cm³/mol. The maximum atomic E-state index is 11.1. The molecule has 1 aromatic heterocycles. The molecule has 1 heterocycles. The zero-order valence-electron chi connectivity index (χ0n) is 10.1. The van der Waals surface area contributed by atoms with Crippen LogP contribution in [-0.2, 0) is 16.6 Å². The van der Waals surface area contributed by atoms with Gasteiger partial charge in [0, 0.05) is 26.0 Å². The summed E-state index contributed by atoms with van der Waals surface area (Å²) in [5.41, 5.74) is 0. The lowest BCUT2D eigenvalue weighted by Gasteiger charge is -2.13. The third kappa shape index (κ3) is 3.66. The van der Waals surface area contributed by atoms with Crippen LogP contribution in [0.4, 0.5) is 0 Å². The van der Waals surface area contributed by atoms with E-state index in [9.17, 15) is 4.79 Å². The van der Waals surface area contributed by atoms with Crippen LogP contribution in [0.2, 0.25) is 0 Å². The lowest BCUT2D eigenvalue weighted by molar-refractivity contribution is -0.143. The predicted octanol–water partition coefficient (Wildman–Crippen LogP) is 1.02. The first-order valence-corrected chi connectivity index (χ1v) is 5.51. The van der Waals surface area contributed by atoms with Gasteiger partial charge in [0.2, 0.25) is 0 Å². The summed E-state index contributed by atoms with van der Waals surface area (Å²) in [6, 6.07) is 0.134. The number of aryl methyl sites for hydroxylation is 1. The van der Waals surface area contributed by atoms with E-state index in [4.69, 9.17) is 4.74 Å². The first-order chi connectivity index (χ1) is 7.65. The lowest BCUT2D eigenvalue weighted by atomic mass is 10.3. The maximum absolute atomic E-state index is 11.1. The molecule has 0 aliphatic carbocycles. The second kappa shape index (κ2) is 6.27. The molecule has 1 atom stereocenters. The molecule has 0 saturated heterocycles. The normalized spacial score (nSPS) is 12.4. The monoisotopic (exact) mass is 225 g/mol. The van der Waals surface area contributed by atoms with Gasteiger partial charge in [-0.2, -0.15) is 0 Å². The van der Waals surface area contributed by atoms with Crippen molar-refractivity contribution >= 4 is 5.97 Å². The van der Waals surface area contributed by atoms with Crippen molar-refractivity contribution in [2.75, 3.05) is 13.2 Å². The van der Waals surface area contributed by atoms with Gasteiger partial charge in [-0.25, -0.2) is 4.98 Å². The molecule has 0 radical (unpaired) electrons. The standard InChI is InChI=1S/C11H19N3O2/c1-4-16-10(15)5-6-12-9(2)11-13-7-8-14(11)3/h7-9,12H,4-6H2,1-3H3. The average molecular weight is 225 g/mol. The molecular weight excluding hydrogens is 206 g/mol. The highest BCUT2D eigenvalue weighted by atomic mass is 16.5. The Morgan fingerprint density at radius 2 is 2.44 bits per heavy atom. The molecule has 0 saturated carbocycles. The second-order valence-corrected chi connectivity index (χ2v) is 3.63. The van der Waals surface area contributed by atoms with Gasteiger partial charge in [-0.1, -0.05) is 0 Å². The van der Waals surface area contributed by atoms with Gasteiger partial charge >= 0.3 is 5.97 Å². The first kappa shape index (κ1) is 12.7. The van der Waals surface area contributed by atoms with Crippen molar-refractivity contribution in [3.63, 3.8) is 0 Å². The molecule has 0 aliphatic rings. The minimum atomic E-state index is -0.165. The molecule has 0 spiro atoms. The van der Waals surface area contributed by atoms with Gasteiger partial charge in [0.25, 0.3) is 0 Å². The van der Waals surface area contributed by atoms with Crippen LogP contribution >= 0.6 is 0 Å². The van der Waals surface area contributed by atoms with Crippen molar-refractivity contribution < 1.29 is 9.53 Å². The maximum Gasteiger partial charge on any atom is 0.307 e. The highest BCUT2D eigenvalue weighted by molar-refractivity contribution is 5.69. The highest BCUT2D eigenvalue weighted by Gasteiger charge is 2.10. The molecule has 90 valence electrons. The Morgan fingerprint density at radius 3 is 3.00 bits per heavy atom. The van der Waals surface area contributed by atoms with Gasteiger partial charge in [-0.05, 0) is 13.8 Å². The number of carbonyl (C=O) groups excluding carboxylic acids is 1. The summed E-state index contributed by atoms with van der Waals surface area (Å²) in [5.74, 6) is 0.797. The summed E-state index contributed by atoms with van der Waals surface area (Å²) < 4.78 is 6.80. The molecule has 1 rings (SSSR count). The van der Waals surface area contributed by atoms with Crippen molar-refractivity contribution in [1.82, 2.24) is 14.9 Å². The van der Waals surface area contributed by atoms with E-state index in [0.717, 1.165) is 5.82 Å². The van der Waals surface area contributed by atoms with Crippen LogP contribution in [0.5, 0.6) is 0 Å². The Bertz CT molecular complexity index is 336. The van der Waals surface area contributed by atoms with Crippen LogP contribution in [0, 0.1) is 0 Å². The summed E-state index contributed by atoms with van der Waals surface area (Å²) >= 11 is 0. The van der Waals surface area contributed by atoms with Crippen molar-refractivity contribution in [2.45, 2.75) is 26.3 Å². The van der Waals surface area contributed by atoms with E-state index in [-0.39, 0.29) is 12.0 Å². The molecule has 0 amide bonds. The number of hydrogen-bond donors (Lipinski definition) is 1. The fourth-order valence-corrected chi connectivity index (χ4v) is 1.51. The molecule has 0 fully saturated rings. The smallest absolute Gasteiger partial charge is 0.307 e. The van der Waals surface area contributed by atoms with E-state index in [1.807, 2.05) is 31.7 Å². The molecule has 5 heteroatoms. The Kier molecular flexibility index (Phi) is 4.98. The summed E-state index contributed by atoms with van der Waals surface area (Å²) in [6.07, 6.45) is 4.06. The number of nitrogens with one attached hydrogen (secondary N) is 1. The minimum Gasteiger partial charge on any atom is -0.466 e. The van der Waals surface area contributed by atoms with Gasteiger partial charge in [0.15, 0.2) is 0 Å². The Labute approximate surface area is 95.8 Å². The number of imidazole rings is 1. The zero-order valence-corrected chi connectivity index (χ0v) is 10.1. The largest absolute Gasteiger partial charge is 0.466 e. The molecule has 5 nitrogen and oxygen atoms in total. The van der Waals surface area contributed by atoms with Crippen molar-refractivity contribution in [3.05, 3.63) is 18.2 Å². The fraction of sp³-hybridized carbons (Fsp3) is 0.636. The van der Waals surface area contributed by atoms with E-state index in [1.54, 1.807) is 6.20 Å². The lowest BCUT2D eigenvalue weighted by Crippen LogP contribution is -2.24. The molecule has 16 heavy (non-hydrogen) atoms. The number of carbonyl (C=O) groups is 1. The fourth-order valence-electron chi connectivity index (χ4n) is 1.51. The Morgan fingerprint density at radius 1 is 1.69 bits per heavy atom. The van der Waals surface area contributed by atoms with E-state index in [1.165, 1.54) is 0 Å². The van der Waals surface area contributed by atoms with Gasteiger partial charge in [-0.15, -0.1) is 0 Å². The van der Waals surface area contributed by atoms with Crippen molar-refractivity contribution in [1.29, 1.82) is 0 Å². The number of nitrogens with zero attached hydrogens (tertiary/aromatic N) is 2. The third-order valence-corrected chi connectivity index (χ3v) is 2.33.